The summed E-state index contributed by atoms with van der Waals surface area (Å²) in [5.41, 5.74) is 2.81. The molecule has 1 amide bonds. The van der Waals surface area contributed by atoms with Crippen LogP contribution in [0.3, 0.4) is 0 Å². The number of benzene rings is 3. The number of hydrogen-bond acceptors (Lipinski definition) is 6. The van der Waals surface area contributed by atoms with E-state index in [1.165, 1.54) is 0 Å². The fourth-order valence-corrected chi connectivity index (χ4v) is 3.11. The number of anilines is 1. The Balaban J connectivity index is 1.56. The number of hydrogen-bond donors (Lipinski definition) is 0. The molecule has 0 N–H and O–H groups in total. The zero-order chi connectivity index (χ0) is 21.8. The first kappa shape index (κ1) is 20.2. The third kappa shape index (κ3) is 4.25. The van der Waals surface area contributed by atoms with Gasteiger partial charge in [-0.05, 0) is 48.5 Å². The van der Waals surface area contributed by atoms with E-state index in [1.54, 1.807) is 68.6 Å². The van der Waals surface area contributed by atoms with E-state index in [-0.39, 0.29) is 5.91 Å². The van der Waals surface area contributed by atoms with Crippen molar-refractivity contribution < 1.29 is 18.8 Å². The molecule has 0 saturated carbocycles. The van der Waals surface area contributed by atoms with Crippen LogP contribution in [0.1, 0.15) is 10.4 Å². The second kappa shape index (κ2) is 8.71. The van der Waals surface area contributed by atoms with E-state index in [0.29, 0.717) is 39.9 Å². The average Bonchev–Trinajstić information content (AvgIpc) is 3.34. The van der Waals surface area contributed by atoms with Crippen molar-refractivity contribution >= 4 is 11.6 Å². The van der Waals surface area contributed by atoms with Crippen molar-refractivity contribution in [1.29, 1.82) is 0 Å². The summed E-state index contributed by atoms with van der Waals surface area (Å²) >= 11 is 0. The highest BCUT2D eigenvalue weighted by Gasteiger charge is 2.16. The monoisotopic (exact) mass is 415 g/mol. The van der Waals surface area contributed by atoms with Crippen molar-refractivity contribution in [1.82, 2.24) is 10.1 Å². The zero-order valence-electron chi connectivity index (χ0n) is 17.4. The van der Waals surface area contributed by atoms with Gasteiger partial charge in [0.2, 0.25) is 5.82 Å². The molecule has 1 aromatic heterocycles. The Morgan fingerprint density at radius 1 is 0.871 bits per heavy atom. The normalized spacial score (nSPS) is 10.5. The molecule has 4 rings (SSSR count). The minimum Gasteiger partial charge on any atom is -0.497 e. The number of ether oxygens (including phenoxy) is 2. The SMILES string of the molecule is COc1cc(OC)cc(-c2noc(-c3ccc(C(=O)N(C)c4ccccc4)cc3)n2)c1. The predicted octanol–water partition coefficient (Wildman–Crippen LogP) is 4.70. The summed E-state index contributed by atoms with van der Waals surface area (Å²) in [4.78, 5) is 18.8. The van der Waals surface area contributed by atoms with E-state index in [2.05, 4.69) is 10.1 Å². The standard InChI is InChI=1S/C24H21N3O4/c1-27(19-7-5-4-6-8-19)24(28)17-11-9-16(10-12-17)23-25-22(26-31-23)18-13-20(29-2)15-21(14-18)30-3/h4-15H,1-3H3. The van der Waals surface area contributed by atoms with E-state index in [9.17, 15) is 4.79 Å². The highest BCUT2D eigenvalue weighted by Crippen LogP contribution is 2.29. The Bertz CT molecular complexity index is 1160. The first-order valence-electron chi connectivity index (χ1n) is 9.59. The molecule has 0 unspecified atom stereocenters. The van der Waals surface area contributed by atoms with Crippen LogP contribution in [0.5, 0.6) is 11.5 Å². The van der Waals surface area contributed by atoms with Gasteiger partial charge < -0.3 is 18.9 Å². The lowest BCUT2D eigenvalue weighted by Gasteiger charge is -2.17. The molecule has 3 aromatic carbocycles. The van der Waals surface area contributed by atoms with Crippen molar-refractivity contribution in [3.8, 4) is 34.3 Å². The van der Waals surface area contributed by atoms with Crippen molar-refractivity contribution in [3.63, 3.8) is 0 Å². The fraction of sp³-hybridized carbons (Fsp3) is 0.125. The van der Waals surface area contributed by atoms with Gasteiger partial charge in [0.15, 0.2) is 0 Å². The van der Waals surface area contributed by atoms with Crippen LogP contribution in [0.4, 0.5) is 5.69 Å². The third-order valence-electron chi connectivity index (χ3n) is 4.86. The molecule has 7 nitrogen and oxygen atoms in total. The highest BCUT2D eigenvalue weighted by molar-refractivity contribution is 6.05. The molecule has 4 aromatic rings. The number of carbonyl (C=O) groups is 1. The summed E-state index contributed by atoms with van der Waals surface area (Å²) in [6.07, 6.45) is 0. The molecule has 0 atom stereocenters. The largest absolute Gasteiger partial charge is 0.497 e. The van der Waals surface area contributed by atoms with Gasteiger partial charge in [-0.15, -0.1) is 0 Å². The number of para-hydroxylation sites is 1. The first-order chi connectivity index (χ1) is 15.1. The number of methoxy groups -OCH3 is 2. The van der Waals surface area contributed by atoms with Gasteiger partial charge in [0, 0.05) is 35.5 Å². The smallest absolute Gasteiger partial charge is 0.258 e. The molecule has 156 valence electrons. The Kier molecular flexibility index (Phi) is 5.66. The van der Waals surface area contributed by atoms with Crippen LogP contribution < -0.4 is 14.4 Å². The minimum atomic E-state index is -0.104. The number of rotatable bonds is 6. The third-order valence-corrected chi connectivity index (χ3v) is 4.86. The number of aromatic nitrogens is 2. The van der Waals surface area contributed by atoms with Crippen molar-refractivity contribution in [2.24, 2.45) is 0 Å². The van der Waals surface area contributed by atoms with Crippen molar-refractivity contribution in [2.45, 2.75) is 0 Å². The van der Waals surface area contributed by atoms with E-state index in [4.69, 9.17) is 14.0 Å². The van der Waals surface area contributed by atoms with Crippen LogP contribution in [0.25, 0.3) is 22.8 Å². The maximum Gasteiger partial charge on any atom is 0.258 e. The summed E-state index contributed by atoms with van der Waals surface area (Å²) in [7, 11) is 4.91. The van der Waals surface area contributed by atoms with E-state index < -0.39 is 0 Å². The predicted molar refractivity (Wildman–Crippen MR) is 117 cm³/mol. The van der Waals surface area contributed by atoms with Crippen LogP contribution >= 0.6 is 0 Å². The summed E-state index contributed by atoms with van der Waals surface area (Å²) in [5, 5.41) is 4.07. The molecule has 0 saturated heterocycles. The minimum absolute atomic E-state index is 0.104. The summed E-state index contributed by atoms with van der Waals surface area (Å²) in [6.45, 7) is 0. The number of nitrogens with zero attached hydrogens (tertiary/aromatic N) is 3. The Morgan fingerprint density at radius 3 is 2.13 bits per heavy atom. The van der Waals surface area contributed by atoms with Gasteiger partial charge in [-0.1, -0.05) is 23.4 Å². The van der Waals surface area contributed by atoms with Gasteiger partial charge in [-0.2, -0.15) is 4.98 Å². The van der Waals surface area contributed by atoms with Gasteiger partial charge in [0.05, 0.1) is 14.2 Å². The Hall–Kier alpha value is -4.13. The molecule has 0 radical (unpaired) electrons. The summed E-state index contributed by atoms with van der Waals surface area (Å²) in [6, 6.07) is 21.9. The van der Waals surface area contributed by atoms with Crippen LogP contribution in [-0.4, -0.2) is 37.3 Å². The lowest BCUT2D eigenvalue weighted by atomic mass is 10.1. The van der Waals surface area contributed by atoms with Gasteiger partial charge in [-0.25, -0.2) is 0 Å². The lowest BCUT2D eigenvalue weighted by Crippen LogP contribution is -2.25. The Morgan fingerprint density at radius 2 is 1.52 bits per heavy atom. The van der Waals surface area contributed by atoms with Crippen LogP contribution in [0.15, 0.2) is 77.3 Å². The summed E-state index contributed by atoms with van der Waals surface area (Å²) in [5.74, 6) is 1.92. The molecule has 0 fully saturated rings. The fourth-order valence-electron chi connectivity index (χ4n) is 3.11. The van der Waals surface area contributed by atoms with Crippen LogP contribution in [-0.2, 0) is 0 Å². The molecule has 7 heteroatoms. The highest BCUT2D eigenvalue weighted by atomic mass is 16.5. The van der Waals surface area contributed by atoms with E-state index in [1.807, 2.05) is 30.3 Å². The maximum atomic E-state index is 12.8. The maximum absolute atomic E-state index is 12.8. The zero-order valence-corrected chi connectivity index (χ0v) is 17.4. The van der Waals surface area contributed by atoms with Crippen molar-refractivity contribution in [3.05, 3.63) is 78.4 Å². The topological polar surface area (TPSA) is 77.7 Å². The lowest BCUT2D eigenvalue weighted by molar-refractivity contribution is 0.0993. The van der Waals surface area contributed by atoms with Crippen molar-refractivity contribution in [2.75, 3.05) is 26.2 Å². The van der Waals surface area contributed by atoms with Gasteiger partial charge >= 0.3 is 0 Å². The average molecular weight is 415 g/mol. The van der Waals surface area contributed by atoms with Crippen LogP contribution in [0.2, 0.25) is 0 Å². The second-order valence-electron chi connectivity index (χ2n) is 6.80. The second-order valence-corrected chi connectivity index (χ2v) is 6.80. The molecule has 0 aliphatic heterocycles. The van der Waals surface area contributed by atoms with Crippen LogP contribution in [0, 0.1) is 0 Å². The molecular weight excluding hydrogens is 394 g/mol. The quantitative estimate of drug-likeness (QED) is 0.454. The Labute approximate surface area is 179 Å². The summed E-state index contributed by atoms with van der Waals surface area (Å²) < 4.78 is 16.0. The molecule has 1 heterocycles. The van der Waals surface area contributed by atoms with Gasteiger partial charge in [-0.3, -0.25) is 4.79 Å². The molecular formula is C24H21N3O4. The van der Waals surface area contributed by atoms with E-state index >= 15 is 0 Å². The van der Waals surface area contributed by atoms with Gasteiger partial charge in [0.1, 0.15) is 11.5 Å². The number of carbonyl (C=O) groups excluding carboxylic acids is 1. The van der Waals surface area contributed by atoms with E-state index in [0.717, 1.165) is 5.69 Å². The molecule has 0 aliphatic rings. The number of amides is 1. The first-order valence-corrected chi connectivity index (χ1v) is 9.59. The molecule has 0 spiro atoms. The molecule has 0 aliphatic carbocycles. The molecule has 31 heavy (non-hydrogen) atoms. The van der Waals surface area contributed by atoms with Gasteiger partial charge in [0.25, 0.3) is 11.8 Å². The molecule has 0 bridgehead atoms.